The summed E-state index contributed by atoms with van der Waals surface area (Å²) in [6.07, 6.45) is 2.20. The van der Waals surface area contributed by atoms with Gasteiger partial charge in [-0.3, -0.25) is 0 Å². The summed E-state index contributed by atoms with van der Waals surface area (Å²) in [6, 6.07) is 8.35. The van der Waals surface area contributed by atoms with E-state index in [1.165, 1.54) is 17.4 Å². The molecule has 4 heteroatoms. The third kappa shape index (κ3) is 5.88. The summed E-state index contributed by atoms with van der Waals surface area (Å²) in [7, 11) is -2.84. The lowest BCUT2D eigenvalue weighted by molar-refractivity contribution is 0.596. The van der Waals surface area contributed by atoms with Gasteiger partial charge in [0.1, 0.15) is 9.84 Å². The minimum Gasteiger partial charge on any atom is -0.315 e. The van der Waals surface area contributed by atoms with E-state index in [2.05, 4.69) is 30.4 Å². The van der Waals surface area contributed by atoms with Crippen LogP contribution in [0.25, 0.3) is 0 Å². The molecule has 90 valence electrons. The zero-order chi connectivity index (χ0) is 12.0. The molecule has 0 atom stereocenters. The minimum absolute atomic E-state index is 0.209. The standard InChI is InChI=1S/C12H19NO2S/c1-11-4-3-5-12(10-11)6-7-13-8-9-16(2,14)15/h3-5,10,13H,6-9H2,1-2H3. The molecule has 3 nitrogen and oxygen atoms in total. The summed E-state index contributed by atoms with van der Waals surface area (Å²) in [5, 5.41) is 3.13. The zero-order valence-corrected chi connectivity index (χ0v) is 10.7. The Morgan fingerprint density at radius 3 is 2.62 bits per heavy atom. The highest BCUT2D eigenvalue weighted by Gasteiger charge is 2.00. The first-order chi connectivity index (χ1) is 7.47. The Bertz CT molecular complexity index is 426. The second kappa shape index (κ2) is 6.01. The van der Waals surface area contributed by atoms with E-state index < -0.39 is 9.84 Å². The van der Waals surface area contributed by atoms with Gasteiger partial charge in [0.2, 0.25) is 0 Å². The van der Waals surface area contributed by atoms with E-state index in [0.29, 0.717) is 6.54 Å². The van der Waals surface area contributed by atoms with Gasteiger partial charge in [0.15, 0.2) is 0 Å². The molecule has 0 aromatic heterocycles. The van der Waals surface area contributed by atoms with Crippen molar-refractivity contribution in [1.82, 2.24) is 5.32 Å². The van der Waals surface area contributed by atoms with Crippen molar-refractivity contribution < 1.29 is 8.42 Å². The van der Waals surface area contributed by atoms with Gasteiger partial charge in [-0.1, -0.05) is 29.8 Å². The second-order valence-electron chi connectivity index (χ2n) is 4.12. The first-order valence-electron chi connectivity index (χ1n) is 5.41. The monoisotopic (exact) mass is 241 g/mol. The molecule has 0 saturated carbocycles. The van der Waals surface area contributed by atoms with Crippen LogP contribution in [0.1, 0.15) is 11.1 Å². The van der Waals surface area contributed by atoms with Gasteiger partial charge >= 0.3 is 0 Å². The fourth-order valence-corrected chi connectivity index (χ4v) is 2.00. The van der Waals surface area contributed by atoms with Crippen LogP contribution >= 0.6 is 0 Å². The molecule has 0 unspecified atom stereocenters. The fourth-order valence-electron chi connectivity index (χ4n) is 1.48. The third-order valence-electron chi connectivity index (χ3n) is 2.32. The maximum Gasteiger partial charge on any atom is 0.148 e. The number of hydrogen-bond donors (Lipinski definition) is 1. The third-order valence-corrected chi connectivity index (χ3v) is 3.27. The zero-order valence-electron chi connectivity index (χ0n) is 9.86. The first kappa shape index (κ1) is 13.2. The molecule has 16 heavy (non-hydrogen) atoms. The fraction of sp³-hybridized carbons (Fsp3) is 0.500. The predicted molar refractivity (Wildman–Crippen MR) is 67.5 cm³/mol. The second-order valence-corrected chi connectivity index (χ2v) is 6.38. The van der Waals surface area contributed by atoms with Crippen LogP contribution in [0.2, 0.25) is 0 Å². The van der Waals surface area contributed by atoms with Gasteiger partial charge in [-0.05, 0) is 25.5 Å². The van der Waals surface area contributed by atoms with Crippen LogP contribution in [0.15, 0.2) is 24.3 Å². The molecular weight excluding hydrogens is 222 g/mol. The van der Waals surface area contributed by atoms with Crippen molar-refractivity contribution in [3.63, 3.8) is 0 Å². The van der Waals surface area contributed by atoms with Gasteiger partial charge in [0.05, 0.1) is 5.75 Å². The summed E-state index contributed by atoms with van der Waals surface area (Å²) in [6.45, 7) is 3.42. The largest absolute Gasteiger partial charge is 0.315 e. The number of hydrogen-bond acceptors (Lipinski definition) is 3. The van der Waals surface area contributed by atoms with E-state index in [1.54, 1.807) is 0 Å². The number of rotatable bonds is 6. The molecule has 0 spiro atoms. The molecule has 1 aromatic carbocycles. The van der Waals surface area contributed by atoms with Crippen molar-refractivity contribution in [3.8, 4) is 0 Å². The molecular formula is C12H19NO2S. The summed E-state index contributed by atoms with van der Waals surface area (Å²) in [5.74, 6) is 0.209. The molecule has 0 saturated heterocycles. The van der Waals surface area contributed by atoms with Gasteiger partial charge in [-0.2, -0.15) is 0 Å². The maximum absolute atomic E-state index is 10.9. The van der Waals surface area contributed by atoms with Crippen LogP contribution in [-0.2, 0) is 16.3 Å². The SMILES string of the molecule is Cc1cccc(CCNCCS(C)(=O)=O)c1. The minimum atomic E-state index is -2.84. The lowest BCUT2D eigenvalue weighted by atomic mass is 10.1. The normalized spacial score (nSPS) is 11.6. The molecule has 1 aromatic rings. The van der Waals surface area contributed by atoms with E-state index in [0.717, 1.165) is 13.0 Å². The average molecular weight is 241 g/mol. The molecule has 0 fully saturated rings. The van der Waals surface area contributed by atoms with Crippen LogP contribution in [0, 0.1) is 6.92 Å². The van der Waals surface area contributed by atoms with Crippen molar-refractivity contribution in [3.05, 3.63) is 35.4 Å². The van der Waals surface area contributed by atoms with Crippen molar-refractivity contribution in [2.24, 2.45) is 0 Å². The lowest BCUT2D eigenvalue weighted by Crippen LogP contribution is -2.24. The average Bonchev–Trinajstić information content (AvgIpc) is 2.15. The highest BCUT2D eigenvalue weighted by atomic mass is 32.2. The van der Waals surface area contributed by atoms with E-state index in [9.17, 15) is 8.42 Å². The molecule has 0 radical (unpaired) electrons. The summed E-state index contributed by atoms with van der Waals surface area (Å²) < 4.78 is 21.7. The summed E-state index contributed by atoms with van der Waals surface area (Å²) in [5.41, 5.74) is 2.54. The van der Waals surface area contributed by atoms with E-state index >= 15 is 0 Å². The molecule has 0 aliphatic rings. The smallest absolute Gasteiger partial charge is 0.148 e. The number of nitrogens with one attached hydrogen (secondary N) is 1. The van der Waals surface area contributed by atoms with Crippen LogP contribution in [-0.4, -0.2) is 33.5 Å². The van der Waals surface area contributed by atoms with Gasteiger partial charge in [0.25, 0.3) is 0 Å². The molecule has 0 aliphatic carbocycles. The topological polar surface area (TPSA) is 46.2 Å². The van der Waals surface area contributed by atoms with Gasteiger partial charge in [-0.25, -0.2) is 8.42 Å². The Balaban J connectivity index is 2.21. The Morgan fingerprint density at radius 1 is 1.25 bits per heavy atom. The highest BCUT2D eigenvalue weighted by Crippen LogP contribution is 2.03. The predicted octanol–water partition coefficient (Wildman–Crippen LogP) is 1.17. The van der Waals surface area contributed by atoms with Crippen LogP contribution in [0.5, 0.6) is 0 Å². The van der Waals surface area contributed by atoms with E-state index in [-0.39, 0.29) is 5.75 Å². The molecule has 1 rings (SSSR count). The van der Waals surface area contributed by atoms with Crippen molar-refractivity contribution in [1.29, 1.82) is 0 Å². The number of benzene rings is 1. The Morgan fingerprint density at radius 2 is 2.00 bits per heavy atom. The maximum atomic E-state index is 10.9. The molecule has 0 bridgehead atoms. The van der Waals surface area contributed by atoms with Crippen molar-refractivity contribution in [2.75, 3.05) is 25.1 Å². The molecule has 0 aliphatic heterocycles. The first-order valence-corrected chi connectivity index (χ1v) is 7.47. The molecule has 1 N–H and O–H groups in total. The van der Waals surface area contributed by atoms with Crippen molar-refractivity contribution >= 4 is 9.84 Å². The van der Waals surface area contributed by atoms with Crippen LogP contribution in [0.4, 0.5) is 0 Å². The summed E-state index contributed by atoms with van der Waals surface area (Å²) in [4.78, 5) is 0. The molecule has 0 amide bonds. The number of sulfone groups is 1. The van der Waals surface area contributed by atoms with Crippen LogP contribution in [0.3, 0.4) is 0 Å². The Kier molecular flexibility index (Phi) is 4.96. The van der Waals surface area contributed by atoms with E-state index in [4.69, 9.17) is 0 Å². The Labute approximate surface area is 97.8 Å². The van der Waals surface area contributed by atoms with Crippen LogP contribution < -0.4 is 5.32 Å². The Hall–Kier alpha value is -0.870. The summed E-state index contributed by atoms with van der Waals surface area (Å²) >= 11 is 0. The molecule has 0 heterocycles. The van der Waals surface area contributed by atoms with Gasteiger partial charge < -0.3 is 5.32 Å². The van der Waals surface area contributed by atoms with Gasteiger partial charge in [0, 0.05) is 12.8 Å². The number of aryl methyl sites for hydroxylation is 1. The quantitative estimate of drug-likeness (QED) is 0.761. The van der Waals surface area contributed by atoms with Crippen molar-refractivity contribution in [2.45, 2.75) is 13.3 Å². The van der Waals surface area contributed by atoms with Gasteiger partial charge in [-0.15, -0.1) is 0 Å². The lowest BCUT2D eigenvalue weighted by Gasteiger charge is -2.04. The highest BCUT2D eigenvalue weighted by molar-refractivity contribution is 7.90. The van der Waals surface area contributed by atoms with E-state index in [1.807, 2.05) is 6.07 Å².